The smallest absolute Gasteiger partial charge is 0.407 e. The Morgan fingerprint density at radius 3 is 2.43 bits per heavy atom. The Hall–Kier alpha value is -1.90. The van der Waals surface area contributed by atoms with Crippen molar-refractivity contribution in [1.29, 1.82) is 0 Å². The van der Waals surface area contributed by atoms with Crippen molar-refractivity contribution in [3.8, 4) is 0 Å². The normalized spacial score (nSPS) is 23.0. The fraction of sp³-hybridized carbons (Fsp3) is 0.667. The molecule has 2 aliphatic rings. The number of rotatable bonds is 2. The number of nitrogens with zero attached hydrogens (tertiary/aromatic N) is 5. The van der Waals surface area contributed by atoms with Crippen LogP contribution in [-0.2, 0) is 4.79 Å². The molecule has 2 aliphatic heterocycles. The lowest BCUT2D eigenvalue weighted by atomic mass is 10.1. The predicted octanol–water partition coefficient (Wildman–Crippen LogP) is 0.711. The van der Waals surface area contributed by atoms with Gasteiger partial charge >= 0.3 is 6.09 Å². The molecule has 0 bridgehead atoms. The molecule has 114 valence electrons. The topological polar surface area (TPSA) is 89.9 Å². The van der Waals surface area contributed by atoms with E-state index >= 15 is 0 Å². The Bertz CT molecular complexity index is 555. The standard InChI is InChI=1S/C12H17N5O3S/c1-8-2-3-17(11(8)18)10-9(13-21-14-10)15-4-6-16(7-5-15)12(19)20/h8H,2-7H2,1H3,(H,19,20). The lowest BCUT2D eigenvalue weighted by Gasteiger charge is -2.33. The molecular formula is C12H17N5O3S. The van der Waals surface area contributed by atoms with Gasteiger partial charge < -0.3 is 14.9 Å². The minimum Gasteiger partial charge on any atom is -0.465 e. The van der Waals surface area contributed by atoms with Crippen LogP contribution in [0.25, 0.3) is 0 Å². The molecule has 1 unspecified atom stereocenters. The minimum atomic E-state index is -0.894. The van der Waals surface area contributed by atoms with Crippen LogP contribution in [0.1, 0.15) is 13.3 Å². The monoisotopic (exact) mass is 311 g/mol. The molecule has 0 aromatic carbocycles. The van der Waals surface area contributed by atoms with E-state index in [9.17, 15) is 9.59 Å². The molecule has 0 aliphatic carbocycles. The van der Waals surface area contributed by atoms with Crippen LogP contribution in [0.2, 0.25) is 0 Å². The molecule has 3 heterocycles. The maximum atomic E-state index is 12.1. The molecule has 0 saturated carbocycles. The highest BCUT2D eigenvalue weighted by Crippen LogP contribution is 2.32. The van der Waals surface area contributed by atoms with Gasteiger partial charge in [-0.25, -0.2) is 4.79 Å². The second kappa shape index (κ2) is 5.47. The van der Waals surface area contributed by atoms with Gasteiger partial charge in [-0.15, -0.1) is 0 Å². The number of amides is 2. The average Bonchev–Trinajstić information content (AvgIpc) is 3.07. The molecule has 21 heavy (non-hydrogen) atoms. The van der Waals surface area contributed by atoms with E-state index in [4.69, 9.17) is 5.11 Å². The second-order valence-corrected chi connectivity index (χ2v) is 5.88. The van der Waals surface area contributed by atoms with Gasteiger partial charge in [0.2, 0.25) is 5.91 Å². The summed E-state index contributed by atoms with van der Waals surface area (Å²) in [6.45, 7) is 4.62. The zero-order chi connectivity index (χ0) is 15.0. The van der Waals surface area contributed by atoms with Crippen LogP contribution in [0, 0.1) is 5.92 Å². The highest BCUT2D eigenvalue weighted by Gasteiger charge is 2.34. The molecule has 2 amide bonds. The highest BCUT2D eigenvalue weighted by atomic mass is 32.1. The summed E-state index contributed by atoms with van der Waals surface area (Å²) in [5.74, 6) is 1.45. The summed E-state index contributed by atoms with van der Waals surface area (Å²) < 4.78 is 8.59. The van der Waals surface area contributed by atoms with E-state index in [0.29, 0.717) is 44.4 Å². The number of hydrogen-bond donors (Lipinski definition) is 1. The maximum absolute atomic E-state index is 12.1. The van der Waals surface area contributed by atoms with Crippen LogP contribution < -0.4 is 9.80 Å². The lowest BCUT2D eigenvalue weighted by Crippen LogP contribution is -2.48. The quantitative estimate of drug-likeness (QED) is 0.865. The molecule has 2 fully saturated rings. The first-order valence-electron chi connectivity index (χ1n) is 6.94. The molecule has 1 aromatic heterocycles. The van der Waals surface area contributed by atoms with Crippen LogP contribution in [0.3, 0.4) is 0 Å². The molecule has 0 radical (unpaired) electrons. The zero-order valence-electron chi connectivity index (χ0n) is 11.7. The minimum absolute atomic E-state index is 0.0309. The van der Waals surface area contributed by atoms with E-state index in [1.807, 2.05) is 11.8 Å². The molecule has 1 N–H and O–H groups in total. The van der Waals surface area contributed by atoms with Crippen LogP contribution in [0.4, 0.5) is 16.4 Å². The molecular weight excluding hydrogens is 294 g/mol. The van der Waals surface area contributed by atoms with Crippen molar-refractivity contribution in [3.05, 3.63) is 0 Å². The Balaban J connectivity index is 1.75. The summed E-state index contributed by atoms with van der Waals surface area (Å²) in [7, 11) is 0. The van der Waals surface area contributed by atoms with Gasteiger partial charge in [-0.3, -0.25) is 9.69 Å². The predicted molar refractivity (Wildman–Crippen MR) is 77.9 cm³/mol. The third kappa shape index (κ3) is 2.53. The summed E-state index contributed by atoms with van der Waals surface area (Å²) in [6.07, 6.45) is -0.0578. The Morgan fingerprint density at radius 2 is 1.86 bits per heavy atom. The summed E-state index contributed by atoms with van der Waals surface area (Å²) in [5.41, 5.74) is 0. The van der Waals surface area contributed by atoms with Gasteiger partial charge in [-0.2, -0.15) is 8.75 Å². The van der Waals surface area contributed by atoms with Crippen LogP contribution in [-0.4, -0.2) is 63.5 Å². The van der Waals surface area contributed by atoms with Crippen LogP contribution >= 0.6 is 11.7 Å². The number of piperazine rings is 1. The zero-order valence-corrected chi connectivity index (χ0v) is 12.5. The maximum Gasteiger partial charge on any atom is 0.407 e. The molecule has 2 saturated heterocycles. The number of carboxylic acid groups (broad SMARTS) is 1. The highest BCUT2D eigenvalue weighted by molar-refractivity contribution is 6.99. The third-order valence-corrected chi connectivity index (χ3v) is 4.54. The van der Waals surface area contributed by atoms with Crippen LogP contribution in [0.5, 0.6) is 0 Å². The number of aromatic nitrogens is 2. The summed E-state index contributed by atoms with van der Waals surface area (Å²) in [6, 6.07) is 0. The first kappa shape index (κ1) is 14.1. The number of carbonyl (C=O) groups is 2. The molecule has 3 rings (SSSR count). The molecule has 1 atom stereocenters. The molecule has 0 spiro atoms. The van der Waals surface area contributed by atoms with Gasteiger partial charge in [0.25, 0.3) is 0 Å². The number of hydrogen-bond acceptors (Lipinski definition) is 6. The van der Waals surface area contributed by atoms with Crippen molar-refractivity contribution in [2.75, 3.05) is 42.5 Å². The van der Waals surface area contributed by atoms with Crippen molar-refractivity contribution >= 4 is 35.4 Å². The van der Waals surface area contributed by atoms with Crippen molar-refractivity contribution in [3.63, 3.8) is 0 Å². The van der Waals surface area contributed by atoms with Crippen molar-refractivity contribution in [1.82, 2.24) is 13.6 Å². The summed E-state index contributed by atoms with van der Waals surface area (Å²) in [5, 5.41) is 8.97. The largest absolute Gasteiger partial charge is 0.465 e. The fourth-order valence-electron chi connectivity index (χ4n) is 2.69. The number of carbonyl (C=O) groups excluding carboxylic acids is 1. The van der Waals surface area contributed by atoms with E-state index in [2.05, 4.69) is 8.75 Å². The SMILES string of the molecule is CC1CCN(c2nsnc2N2CCN(C(=O)O)CC2)C1=O. The Morgan fingerprint density at radius 1 is 1.19 bits per heavy atom. The molecule has 8 nitrogen and oxygen atoms in total. The van der Waals surface area contributed by atoms with Gasteiger partial charge in [0, 0.05) is 38.6 Å². The van der Waals surface area contributed by atoms with E-state index in [-0.39, 0.29) is 11.8 Å². The summed E-state index contributed by atoms with van der Waals surface area (Å²) in [4.78, 5) is 28.2. The van der Waals surface area contributed by atoms with Crippen molar-refractivity contribution in [2.45, 2.75) is 13.3 Å². The Labute approximate surface area is 126 Å². The van der Waals surface area contributed by atoms with Gasteiger partial charge in [0.15, 0.2) is 11.6 Å². The lowest BCUT2D eigenvalue weighted by molar-refractivity contribution is -0.119. The molecule has 9 heteroatoms. The third-order valence-electron chi connectivity index (χ3n) is 4.03. The van der Waals surface area contributed by atoms with Crippen LogP contribution in [0.15, 0.2) is 0 Å². The summed E-state index contributed by atoms with van der Waals surface area (Å²) >= 11 is 1.09. The van der Waals surface area contributed by atoms with Gasteiger partial charge in [0.05, 0.1) is 11.7 Å². The van der Waals surface area contributed by atoms with E-state index in [0.717, 1.165) is 18.1 Å². The van der Waals surface area contributed by atoms with Gasteiger partial charge in [0.1, 0.15) is 0 Å². The second-order valence-electron chi connectivity index (χ2n) is 5.35. The first-order valence-corrected chi connectivity index (χ1v) is 7.67. The average molecular weight is 311 g/mol. The Kier molecular flexibility index (Phi) is 3.66. The van der Waals surface area contributed by atoms with E-state index in [1.54, 1.807) is 4.90 Å². The van der Waals surface area contributed by atoms with Crippen molar-refractivity contribution < 1.29 is 14.7 Å². The molecule has 1 aromatic rings. The van der Waals surface area contributed by atoms with Gasteiger partial charge in [-0.1, -0.05) is 6.92 Å². The van der Waals surface area contributed by atoms with Gasteiger partial charge in [-0.05, 0) is 6.42 Å². The van der Waals surface area contributed by atoms with E-state index in [1.165, 1.54) is 4.90 Å². The fourth-order valence-corrected chi connectivity index (χ4v) is 3.26. The van der Waals surface area contributed by atoms with Crippen molar-refractivity contribution in [2.24, 2.45) is 5.92 Å². The first-order chi connectivity index (χ1) is 10.1. The van der Waals surface area contributed by atoms with E-state index < -0.39 is 6.09 Å². The number of anilines is 2.